The number of hydrogen-bond acceptors (Lipinski definition) is 4. The summed E-state index contributed by atoms with van der Waals surface area (Å²) in [4.78, 5) is 23.2. The van der Waals surface area contributed by atoms with E-state index in [2.05, 4.69) is 15.0 Å². The lowest BCUT2D eigenvalue weighted by Gasteiger charge is -2.00. The number of aliphatic carboxylic acids is 1. The summed E-state index contributed by atoms with van der Waals surface area (Å²) in [6.45, 7) is 0. The van der Waals surface area contributed by atoms with E-state index >= 15 is 0 Å². The third kappa shape index (κ3) is 2.28. The molecule has 0 unspecified atom stereocenters. The molecule has 94 valence electrons. The van der Waals surface area contributed by atoms with Gasteiger partial charge in [-0.15, -0.1) is 0 Å². The first-order chi connectivity index (χ1) is 9.22. The van der Waals surface area contributed by atoms with Crippen molar-refractivity contribution >= 4 is 11.6 Å². The molecular weight excluding hydrogens is 244 g/mol. The molecular formula is C13H10N4O2. The molecule has 6 heteroatoms. The Morgan fingerprint density at radius 1 is 1.32 bits per heavy atom. The van der Waals surface area contributed by atoms with Crippen LogP contribution >= 0.6 is 0 Å². The number of nitrogens with zero attached hydrogens (tertiary/aromatic N) is 4. The molecule has 0 aliphatic heterocycles. The first kappa shape index (κ1) is 11.3. The molecule has 19 heavy (non-hydrogen) atoms. The topological polar surface area (TPSA) is 80.4 Å². The fraction of sp³-hybridized carbons (Fsp3) is 0.0769. The highest BCUT2D eigenvalue weighted by Gasteiger charge is 2.07. The van der Waals surface area contributed by atoms with Gasteiger partial charge >= 0.3 is 5.97 Å². The summed E-state index contributed by atoms with van der Waals surface area (Å²) in [6, 6.07) is 5.54. The van der Waals surface area contributed by atoms with Crippen molar-refractivity contribution in [1.82, 2.24) is 19.4 Å². The quantitative estimate of drug-likeness (QED) is 0.764. The summed E-state index contributed by atoms with van der Waals surface area (Å²) in [6.07, 6.45) is 6.60. The van der Waals surface area contributed by atoms with Crippen molar-refractivity contribution in [3.63, 3.8) is 0 Å². The van der Waals surface area contributed by atoms with E-state index in [1.165, 1.54) is 0 Å². The van der Waals surface area contributed by atoms with Crippen LogP contribution in [0.2, 0.25) is 0 Å². The molecule has 0 fully saturated rings. The Balaban J connectivity index is 2.03. The maximum atomic E-state index is 10.7. The molecule has 0 atom stereocenters. The number of carboxylic acid groups (broad SMARTS) is 1. The number of carbonyl (C=O) groups is 1. The lowest BCUT2D eigenvalue weighted by Crippen LogP contribution is -1.99. The van der Waals surface area contributed by atoms with E-state index in [1.807, 2.05) is 18.2 Å². The molecule has 0 spiro atoms. The van der Waals surface area contributed by atoms with Crippen LogP contribution in [0.1, 0.15) is 5.69 Å². The van der Waals surface area contributed by atoms with Gasteiger partial charge in [0, 0.05) is 30.2 Å². The molecule has 0 aromatic carbocycles. The average molecular weight is 254 g/mol. The third-order valence-corrected chi connectivity index (χ3v) is 2.71. The van der Waals surface area contributed by atoms with Gasteiger partial charge in [-0.3, -0.25) is 14.2 Å². The number of aromatic nitrogens is 4. The van der Waals surface area contributed by atoms with Gasteiger partial charge in [0.2, 0.25) is 0 Å². The van der Waals surface area contributed by atoms with E-state index in [1.54, 1.807) is 29.3 Å². The zero-order valence-corrected chi connectivity index (χ0v) is 9.89. The minimum absolute atomic E-state index is 0.0910. The molecule has 3 heterocycles. The van der Waals surface area contributed by atoms with Crippen LogP contribution in [-0.4, -0.2) is 30.4 Å². The zero-order chi connectivity index (χ0) is 13.2. The summed E-state index contributed by atoms with van der Waals surface area (Å²) in [5, 5.41) is 8.75. The van der Waals surface area contributed by atoms with Crippen LogP contribution in [0.5, 0.6) is 0 Å². The fourth-order valence-electron chi connectivity index (χ4n) is 1.86. The first-order valence-corrected chi connectivity index (χ1v) is 5.68. The standard InChI is InChI=1S/C13H10N4O2/c18-13(19)5-10-7-17-8-15-11(6-12(17)16-10)9-1-3-14-4-2-9/h1-4,6-8H,5H2,(H,18,19). The SMILES string of the molecule is O=C(O)Cc1cn2cnc(-c3ccncc3)cc2n1. The summed E-state index contributed by atoms with van der Waals surface area (Å²) in [7, 11) is 0. The van der Waals surface area contributed by atoms with Gasteiger partial charge in [-0.2, -0.15) is 0 Å². The molecule has 0 amide bonds. The molecule has 3 rings (SSSR count). The van der Waals surface area contributed by atoms with Crippen LogP contribution in [0.3, 0.4) is 0 Å². The van der Waals surface area contributed by atoms with Crippen molar-refractivity contribution in [2.45, 2.75) is 6.42 Å². The van der Waals surface area contributed by atoms with Gasteiger partial charge in [-0.25, -0.2) is 9.97 Å². The van der Waals surface area contributed by atoms with Crippen LogP contribution in [0.25, 0.3) is 16.9 Å². The highest BCUT2D eigenvalue weighted by atomic mass is 16.4. The molecule has 0 saturated heterocycles. The normalized spacial score (nSPS) is 10.7. The predicted molar refractivity (Wildman–Crippen MR) is 67.6 cm³/mol. The van der Waals surface area contributed by atoms with Gasteiger partial charge in [-0.1, -0.05) is 0 Å². The smallest absolute Gasteiger partial charge is 0.309 e. The Bertz CT molecular complexity index is 737. The monoisotopic (exact) mass is 254 g/mol. The second kappa shape index (κ2) is 4.49. The van der Waals surface area contributed by atoms with Gasteiger partial charge < -0.3 is 5.11 Å². The highest BCUT2D eigenvalue weighted by Crippen LogP contribution is 2.17. The van der Waals surface area contributed by atoms with Gasteiger partial charge in [-0.05, 0) is 12.1 Å². The molecule has 0 saturated carbocycles. The Labute approximate surface area is 108 Å². The Hall–Kier alpha value is -2.76. The maximum absolute atomic E-state index is 10.7. The van der Waals surface area contributed by atoms with Crippen LogP contribution in [-0.2, 0) is 11.2 Å². The molecule has 0 aliphatic carbocycles. The van der Waals surface area contributed by atoms with Crippen molar-refractivity contribution in [2.75, 3.05) is 0 Å². The summed E-state index contributed by atoms with van der Waals surface area (Å²) < 4.78 is 1.71. The van der Waals surface area contributed by atoms with Crippen LogP contribution in [0, 0.1) is 0 Å². The van der Waals surface area contributed by atoms with Gasteiger partial charge in [0.15, 0.2) is 0 Å². The highest BCUT2D eigenvalue weighted by molar-refractivity contribution is 5.70. The van der Waals surface area contributed by atoms with Crippen LogP contribution in [0.4, 0.5) is 0 Å². The molecule has 0 bridgehead atoms. The van der Waals surface area contributed by atoms with E-state index in [-0.39, 0.29) is 6.42 Å². The number of pyridine rings is 1. The minimum atomic E-state index is -0.897. The average Bonchev–Trinajstić information content (AvgIpc) is 2.79. The van der Waals surface area contributed by atoms with Gasteiger partial charge in [0.05, 0.1) is 17.8 Å². The summed E-state index contributed by atoms with van der Waals surface area (Å²) in [5.41, 5.74) is 2.92. The third-order valence-electron chi connectivity index (χ3n) is 2.71. The van der Waals surface area contributed by atoms with Crippen LogP contribution in [0.15, 0.2) is 43.1 Å². The molecule has 6 nitrogen and oxygen atoms in total. The molecule has 1 N–H and O–H groups in total. The minimum Gasteiger partial charge on any atom is -0.481 e. The lowest BCUT2D eigenvalue weighted by atomic mass is 10.2. The largest absolute Gasteiger partial charge is 0.481 e. The second-order valence-corrected chi connectivity index (χ2v) is 4.08. The number of imidazole rings is 1. The number of rotatable bonds is 3. The van der Waals surface area contributed by atoms with E-state index in [0.29, 0.717) is 11.3 Å². The first-order valence-electron chi connectivity index (χ1n) is 5.68. The molecule has 0 aliphatic rings. The van der Waals surface area contributed by atoms with Gasteiger partial charge in [0.25, 0.3) is 0 Å². The van der Waals surface area contributed by atoms with Crippen molar-refractivity contribution < 1.29 is 9.90 Å². The number of hydrogen-bond donors (Lipinski definition) is 1. The van der Waals surface area contributed by atoms with Gasteiger partial charge in [0.1, 0.15) is 12.0 Å². The summed E-state index contributed by atoms with van der Waals surface area (Å²) in [5.74, 6) is -0.897. The maximum Gasteiger partial charge on any atom is 0.309 e. The lowest BCUT2D eigenvalue weighted by molar-refractivity contribution is -0.136. The fourth-order valence-corrected chi connectivity index (χ4v) is 1.86. The second-order valence-electron chi connectivity index (χ2n) is 4.08. The molecule has 3 aromatic heterocycles. The van der Waals surface area contributed by atoms with E-state index < -0.39 is 5.97 Å². The zero-order valence-electron chi connectivity index (χ0n) is 9.89. The number of carboxylic acids is 1. The Morgan fingerprint density at radius 2 is 2.11 bits per heavy atom. The summed E-state index contributed by atoms with van der Waals surface area (Å²) >= 11 is 0. The van der Waals surface area contributed by atoms with Crippen molar-refractivity contribution in [1.29, 1.82) is 0 Å². The molecule has 0 radical (unpaired) electrons. The van der Waals surface area contributed by atoms with E-state index in [9.17, 15) is 4.79 Å². The molecule has 3 aromatic rings. The van der Waals surface area contributed by atoms with Crippen molar-refractivity contribution in [3.05, 3.63) is 48.8 Å². The van der Waals surface area contributed by atoms with E-state index in [4.69, 9.17) is 5.11 Å². The number of fused-ring (bicyclic) bond motifs is 1. The van der Waals surface area contributed by atoms with E-state index in [0.717, 1.165) is 11.3 Å². The Kier molecular flexibility index (Phi) is 2.68. The van der Waals surface area contributed by atoms with Crippen molar-refractivity contribution in [2.24, 2.45) is 0 Å². The van der Waals surface area contributed by atoms with Crippen molar-refractivity contribution in [3.8, 4) is 11.3 Å². The van der Waals surface area contributed by atoms with Crippen LogP contribution < -0.4 is 0 Å². The predicted octanol–water partition coefficient (Wildman–Crippen LogP) is 1.42. The Morgan fingerprint density at radius 3 is 2.84 bits per heavy atom.